The summed E-state index contributed by atoms with van der Waals surface area (Å²) in [7, 11) is 0. The van der Waals surface area contributed by atoms with E-state index in [1.54, 1.807) is 0 Å². The van der Waals surface area contributed by atoms with Crippen molar-refractivity contribution in [2.75, 3.05) is 5.75 Å². The summed E-state index contributed by atoms with van der Waals surface area (Å²) in [6, 6.07) is 7.16. The molecule has 0 aromatic heterocycles. The number of hydrogen-bond acceptors (Lipinski definition) is 4. The first-order valence-electron chi connectivity index (χ1n) is 4.72. The van der Waals surface area contributed by atoms with Crippen LogP contribution in [0.2, 0.25) is 0 Å². The number of benzene rings is 1. The minimum Gasteiger partial charge on any atom is -0.460 e. The van der Waals surface area contributed by atoms with Crippen molar-refractivity contribution in [3.8, 4) is 0 Å². The first-order chi connectivity index (χ1) is 7.13. The zero-order valence-corrected chi connectivity index (χ0v) is 9.54. The summed E-state index contributed by atoms with van der Waals surface area (Å²) in [5, 5.41) is 0. The average molecular weight is 225 g/mol. The maximum absolute atomic E-state index is 11.2. The number of carbonyl (C=O) groups is 1. The van der Waals surface area contributed by atoms with Crippen molar-refractivity contribution in [3.05, 3.63) is 35.4 Å². The van der Waals surface area contributed by atoms with Crippen LogP contribution >= 0.6 is 12.6 Å². The van der Waals surface area contributed by atoms with Gasteiger partial charge in [0.05, 0.1) is 0 Å². The van der Waals surface area contributed by atoms with Gasteiger partial charge in [-0.3, -0.25) is 4.79 Å². The molecule has 1 atom stereocenters. The molecule has 0 aliphatic carbocycles. The third-order valence-corrected chi connectivity index (χ3v) is 2.39. The highest BCUT2D eigenvalue weighted by molar-refractivity contribution is 7.80. The van der Waals surface area contributed by atoms with E-state index in [4.69, 9.17) is 10.5 Å². The lowest BCUT2D eigenvalue weighted by Crippen LogP contribution is -2.33. The third kappa shape index (κ3) is 3.93. The van der Waals surface area contributed by atoms with Gasteiger partial charge in [-0.15, -0.1) is 0 Å². The van der Waals surface area contributed by atoms with Crippen molar-refractivity contribution in [3.63, 3.8) is 0 Å². The van der Waals surface area contributed by atoms with Gasteiger partial charge >= 0.3 is 5.97 Å². The van der Waals surface area contributed by atoms with Crippen molar-refractivity contribution in [1.82, 2.24) is 0 Å². The molecule has 1 aromatic carbocycles. The smallest absolute Gasteiger partial charge is 0.324 e. The Morgan fingerprint density at radius 2 is 2.07 bits per heavy atom. The van der Waals surface area contributed by atoms with E-state index in [-0.39, 0.29) is 6.61 Å². The van der Waals surface area contributed by atoms with E-state index in [1.807, 2.05) is 31.2 Å². The SMILES string of the molecule is Cc1ccc(COC(=O)C(N)CS)cc1. The Morgan fingerprint density at radius 3 is 2.60 bits per heavy atom. The van der Waals surface area contributed by atoms with Crippen LogP contribution in [0.25, 0.3) is 0 Å². The van der Waals surface area contributed by atoms with Crippen LogP contribution in [0, 0.1) is 6.92 Å². The number of thiol groups is 1. The Kier molecular flexibility index (Phi) is 4.65. The van der Waals surface area contributed by atoms with E-state index in [2.05, 4.69) is 12.6 Å². The molecule has 15 heavy (non-hydrogen) atoms. The molecule has 3 nitrogen and oxygen atoms in total. The molecule has 1 aromatic rings. The fraction of sp³-hybridized carbons (Fsp3) is 0.364. The highest BCUT2D eigenvalue weighted by Crippen LogP contribution is 2.05. The van der Waals surface area contributed by atoms with Crippen LogP contribution in [-0.2, 0) is 16.1 Å². The lowest BCUT2D eigenvalue weighted by Gasteiger charge is -2.08. The van der Waals surface area contributed by atoms with Gasteiger partial charge in [-0.2, -0.15) is 12.6 Å². The summed E-state index contributed by atoms with van der Waals surface area (Å²) in [5.41, 5.74) is 7.59. The van der Waals surface area contributed by atoms with Crippen LogP contribution in [0.1, 0.15) is 11.1 Å². The molecule has 0 fully saturated rings. The van der Waals surface area contributed by atoms with Crippen molar-refractivity contribution in [2.45, 2.75) is 19.6 Å². The van der Waals surface area contributed by atoms with Crippen LogP contribution in [0.15, 0.2) is 24.3 Å². The standard InChI is InChI=1S/C11H15NO2S/c1-8-2-4-9(5-3-8)6-14-11(13)10(12)7-15/h2-5,10,15H,6-7,12H2,1H3. The molecule has 82 valence electrons. The Bertz CT molecular complexity index is 324. The van der Waals surface area contributed by atoms with E-state index in [0.29, 0.717) is 5.75 Å². The summed E-state index contributed by atoms with van der Waals surface area (Å²) in [6.45, 7) is 2.27. The van der Waals surface area contributed by atoms with Gasteiger partial charge in [-0.1, -0.05) is 29.8 Å². The van der Waals surface area contributed by atoms with Crippen molar-refractivity contribution in [1.29, 1.82) is 0 Å². The van der Waals surface area contributed by atoms with E-state index in [1.165, 1.54) is 5.56 Å². The molecule has 0 spiro atoms. The molecule has 1 unspecified atom stereocenters. The molecule has 0 heterocycles. The van der Waals surface area contributed by atoms with E-state index in [9.17, 15) is 4.79 Å². The number of aryl methyl sites for hydroxylation is 1. The Morgan fingerprint density at radius 1 is 1.47 bits per heavy atom. The number of rotatable bonds is 4. The minimum absolute atomic E-state index is 0.264. The molecular weight excluding hydrogens is 210 g/mol. The normalized spacial score (nSPS) is 12.2. The summed E-state index contributed by atoms with van der Waals surface area (Å²) in [6.07, 6.45) is 0. The molecule has 1 rings (SSSR count). The van der Waals surface area contributed by atoms with Gasteiger partial charge in [-0.25, -0.2) is 0 Å². The number of carbonyl (C=O) groups excluding carboxylic acids is 1. The largest absolute Gasteiger partial charge is 0.460 e. The predicted octanol–water partition coefficient (Wildman–Crippen LogP) is 1.30. The first-order valence-corrected chi connectivity index (χ1v) is 5.35. The van der Waals surface area contributed by atoms with Crippen LogP contribution < -0.4 is 5.73 Å². The molecule has 0 amide bonds. The maximum Gasteiger partial charge on any atom is 0.324 e. The van der Waals surface area contributed by atoms with E-state index >= 15 is 0 Å². The molecule has 0 aliphatic rings. The molecule has 4 heteroatoms. The lowest BCUT2D eigenvalue weighted by molar-refractivity contribution is -0.145. The topological polar surface area (TPSA) is 52.3 Å². The van der Waals surface area contributed by atoms with Gasteiger partial charge in [0.1, 0.15) is 12.6 Å². The summed E-state index contributed by atoms with van der Waals surface area (Å²) in [4.78, 5) is 11.2. The van der Waals surface area contributed by atoms with Crippen molar-refractivity contribution in [2.24, 2.45) is 5.73 Å². The molecule has 0 bridgehead atoms. The lowest BCUT2D eigenvalue weighted by atomic mass is 10.2. The Balaban J connectivity index is 2.43. The second-order valence-corrected chi connectivity index (χ2v) is 3.75. The molecule has 2 N–H and O–H groups in total. The highest BCUT2D eigenvalue weighted by Gasteiger charge is 2.12. The van der Waals surface area contributed by atoms with Gasteiger partial charge in [0.2, 0.25) is 0 Å². The molecule has 0 saturated carbocycles. The first kappa shape index (κ1) is 12.1. The molecule has 0 radical (unpaired) electrons. The van der Waals surface area contributed by atoms with Gasteiger partial charge in [0.25, 0.3) is 0 Å². The fourth-order valence-electron chi connectivity index (χ4n) is 1.02. The van der Waals surface area contributed by atoms with Gasteiger partial charge < -0.3 is 10.5 Å². The van der Waals surface area contributed by atoms with Crippen LogP contribution in [-0.4, -0.2) is 17.8 Å². The Hall–Kier alpha value is -1.00. The maximum atomic E-state index is 11.2. The zero-order valence-electron chi connectivity index (χ0n) is 8.64. The van der Waals surface area contributed by atoms with Crippen LogP contribution in [0.4, 0.5) is 0 Å². The number of hydrogen-bond donors (Lipinski definition) is 2. The molecular formula is C11H15NO2S. The van der Waals surface area contributed by atoms with E-state index in [0.717, 1.165) is 5.56 Å². The summed E-state index contributed by atoms with van der Waals surface area (Å²) >= 11 is 3.92. The zero-order chi connectivity index (χ0) is 11.3. The average Bonchev–Trinajstić information content (AvgIpc) is 2.26. The van der Waals surface area contributed by atoms with Crippen molar-refractivity contribution >= 4 is 18.6 Å². The quantitative estimate of drug-likeness (QED) is 0.600. The number of nitrogens with two attached hydrogens (primary N) is 1. The highest BCUT2D eigenvalue weighted by atomic mass is 32.1. The van der Waals surface area contributed by atoms with Gasteiger partial charge in [0, 0.05) is 5.75 Å². The molecule has 0 aliphatic heterocycles. The van der Waals surface area contributed by atoms with Crippen LogP contribution in [0.3, 0.4) is 0 Å². The predicted molar refractivity (Wildman–Crippen MR) is 62.8 cm³/mol. The third-order valence-electron chi connectivity index (χ3n) is 2.00. The van der Waals surface area contributed by atoms with Crippen molar-refractivity contribution < 1.29 is 9.53 Å². The number of ether oxygens (including phenoxy) is 1. The number of esters is 1. The summed E-state index contributed by atoms with van der Waals surface area (Å²) in [5.74, 6) is -0.113. The minimum atomic E-state index is -0.640. The fourth-order valence-corrected chi connectivity index (χ4v) is 1.17. The summed E-state index contributed by atoms with van der Waals surface area (Å²) < 4.78 is 5.01. The second-order valence-electron chi connectivity index (χ2n) is 3.38. The van der Waals surface area contributed by atoms with Crippen LogP contribution in [0.5, 0.6) is 0 Å². The Labute approximate surface area is 95.0 Å². The second kappa shape index (κ2) is 5.78. The van der Waals surface area contributed by atoms with E-state index < -0.39 is 12.0 Å². The monoisotopic (exact) mass is 225 g/mol. The van der Waals surface area contributed by atoms with Gasteiger partial charge in [-0.05, 0) is 12.5 Å². The van der Waals surface area contributed by atoms with Gasteiger partial charge in [0.15, 0.2) is 0 Å². The molecule has 0 saturated heterocycles.